The summed E-state index contributed by atoms with van der Waals surface area (Å²) in [7, 11) is -5.66. The molecule has 10 heteroatoms. The molecule has 0 saturated carbocycles. The Morgan fingerprint density at radius 2 is 2.09 bits per heavy atom. The third-order valence-electron chi connectivity index (χ3n) is 3.01. The van der Waals surface area contributed by atoms with Crippen LogP contribution in [-0.2, 0) is 25.5 Å². The first kappa shape index (κ1) is 17.5. The van der Waals surface area contributed by atoms with Crippen LogP contribution in [0.25, 0.3) is 0 Å². The van der Waals surface area contributed by atoms with Crippen LogP contribution in [0, 0.1) is 0 Å². The van der Waals surface area contributed by atoms with Crippen molar-refractivity contribution in [2.75, 3.05) is 13.2 Å². The summed E-state index contributed by atoms with van der Waals surface area (Å²) in [5, 5.41) is 0. The molecule has 0 radical (unpaired) electrons. The molecule has 0 bridgehead atoms. The van der Waals surface area contributed by atoms with Gasteiger partial charge in [-0.05, 0) is 30.7 Å². The van der Waals surface area contributed by atoms with E-state index in [1.165, 1.54) is 18.2 Å². The smallest absolute Gasteiger partial charge is 0.487 e. The molecule has 1 aliphatic rings. The van der Waals surface area contributed by atoms with Crippen molar-refractivity contribution in [2.45, 2.75) is 25.0 Å². The molecule has 1 heterocycles. The van der Waals surface area contributed by atoms with Crippen LogP contribution in [0.1, 0.15) is 22.8 Å². The SMILES string of the molecule is CCOC(=O)c1ccc2c(c1)CC(COS(=O)(=O)C(F)(F)F)O2. The average Bonchev–Trinajstić information content (AvgIpc) is 2.86. The van der Waals surface area contributed by atoms with Gasteiger partial charge in [0.2, 0.25) is 0 Å². The molecule has 0 fully saturated rings. The maximum absolute atomic E-state index is 12.2. The van der Waals surface area contributed by atoms with Crippen LogP contribution < -0.4 is 4.74 Å². The van der Waals surface area contributed by atoms with Crippen LogP contribution >= 0.6 is 0 Å². The monoisotopic (exact) mass is 354 g/mol. The van der Waals surface area contributed by atoms with Gasteiger partial charge in [-0.15, -0.1) is 0 Å². The predicted octanol–water partition coefficient (Wildman–Crippen LogP) is 2.03. The van der Waals surface area contributed by atoms with Crippen molar-refractivity contribution in [3.05, 3.63) is 29.3 Å². The van der Waals surface area contributed by atoms with Gasteiger partial charge < -0.3 is 9.47 Å². The largest absolute Gasteiger partial charge is 0.523 e. The minimum Gasteiger partial charge on any atom is -0.487 e. The quantitative estimate of drug-likeness (QED) is 0.457. The minimum absolute atomic E-state index is 0.121. The van der Waals surface area contributed by atoms with Crippen molar-refractivity contribution in [1.29, 1.82) is 0 Å². The standard InChI is InChI=1S/C13H13F3O6S/c1-2-20-12(17)8-3-4-11-9(5-8)6-10(22-11)7-21-23(18,19)13(14,15)16/h3-5,10H,2,6-7H2,1H3. The van der Waals surface area contributed by atoms with Crippen LogP contribution in [0.15, 0.2) is 18.2 Å². The Hall–Kier alpha value is -1.81. The lowest BCUT2D eigenvalue weighted by molar-refractivity contribution is -0.0557. The number of hydrogen-bond acceptors (Lipinski definition) is 6. The van der Waals surface area contributed by atoms with E-state index < -0.39 is 34.3 Å². The van der Waals surface area contributed by atoms with E-state index in [1.807, 2.05) is 0 Å². The lowest BCUT2D eigenvalue weighted by Crippen LogP contribution is -2.30. The highest BCUT2D eigenvalue weighted by atomic mass is 32.2. The Morgan fingerprint density at radius 1 is 1.39 bits per heavy atom. The van der Waals surface area contributed by atoms with Crippen molar-refractivity contribution in [3.8, 4) is 5.75 Å². The Balaban J connectivity index is 2.01. The van der Waals surface area contributed by atoms with E-state index in [1.54, 1.807) is 6.92 Å². The number of rotatable bonds is 5. The molecule has 1 atom stereocenters. The molecular weight excluding hydrogens is 341 g/mol. The fourth-order valence-corrected chi connectivity index (χ4v) is 2.45. The maximum Gasteiger partial charge on any atom is 0.523 e. The van der Waals surface area contributed by atoms with Crippen molar-refractivity contribution < 1.29 is 40.0 Å². The number of carbonyl (C=O) groups is 1. The second kappa shape index (κ2) is 6.36. The van der Waals surface area contributed by atoms with Gasteiger partial charge in [0.15, 0.2) is 0 Å². The van der Waals surface area contributed by atoms with Crippen molar-refractivity contribution in [1.82, 2.24) is 0 Å². The zero-order chi connectivity index (χ0) is 17.3. The van der Waals surface area contributed by atoms with E-state index in [0.717, 1.165) is 0 Å². The fraction of sp³-hybridized carbons (Fsp3) is 0.462. The van der Waals surface area contributed by atoms with Crippen LogP contribution in [0.5, 0.6) is 5.75 Å². The Morgan fingerprint density at radius 3 is 2.70 bits per heavy atom. The minimum atomic E-state index is -5.66. The van der Waals surface area contributed by atoms with Gasteiger partial charge in [-0.1, -0.05) is 0 Å². The third-order valence-corrected chi connectivity index (χ3v) is 4.02. The van der Waals surface area contributed by atoms with Gasteiger partial charge in [0, 0.05) is 6.42 Å². The summed E-state index contributed by atoms with van der Waals surface area (Å²) in [6.07, 6.45) is -0.768. The second-order valence-corrected chi connectivity index (χ2v) is 6.28. The number of carbonyl (C=O) groups excluding carboxylic acids is 1. The van der Waals surface area contributed by atoms with E-state index in [9.17, 15) is 26.4 Å². The van der Waals surface area contributed by atoms with Gasteiger partial charge in [-0.3, -0.25) is 4.18 Å². The lowest BCUT2D eigenvalue weighted by Gasteiger charge is -2.12. The van der Waals surface area contributed by atoms with Crippen LogP contribution in [0.3, 0.4) is 0 Å². The zero-order valence-corrected chi connectivity index (χ0v) is 12.7. The molecule has 0 aliphatic carbocycles. The molecule has 1 unspecified atom stereocenters. The summed E-state index contributed by atoms with van der Waals surface area (Å²) in [4.78, 5) is 11.6. The molecule has 0 N–H and O–H groups in total. The number of alkyl halides is 3. The van der Waals surface area contributed by atoms with Crippen molar-refractivity contribution in [3.63, 3.8) is 0 Å². The first-order valence-electron chi connectivity index (χ1n) is 6.56. The molecule has 1 aromatic carbocycles. The number of fused-ring (bicyclic) bond motifs is 1. The molecule has 0 amide bonds. The Kier molecular flexibility index (Phi) is 4.85. The second-order valence-electron chi connectivity index (χ2n) is 4.67. The summed E-state index contributed by atoms with van der Waals surface area (Å²) in [6.45, 7) is 1.09. The first-order chi connectivity index (χ1) is 10.6. The van der Waals surface area contributed by atoms with E-state index >= 15 is 0 Å². The molecule has 0 aromatic heterocycles. The van der Waals surface area contributed by atoms with E-state index in [2.05, 4.69) is 4.18 Å². The summed E-state index contributed by atoms with van der Waals surface area (Å²) in [6, 6.07) is 4.41. The molecule has 1 aromatic rings. The maximum atomic E-state index is 12.2. The van der Waals surface area contributed by atoms with Crippen LogP contribution in [0.4, 0.5) is 13.2 Å². The molecular formula is C13H13F3O6S. The number of ether oxygens (including phenoxy) is 2. The molecule has 6 nitrogen and oxygen atoms in total. The van der Waals surface area contributed by atoms with E-state index in [-0.39, 0.29) is 18.6 Å². The number of benzene rings is 1. The number of halogens is 3. The number of hydrogen-bond donors (Lipinski definition) is 0. The zero-order valence-electron chi connectivity index (χ0n) is 11.9. The van der Waals surface area contributed by atoms with E-state index in [4.69, 9.17) is 9.47 Å². The normalized spacial score (nSPS) is 17.5. The molecule has 1 aliphatic heterocycles. The van der Waals surface area contributed by atoms with Gasteiger partial charge in [-0.2, -0.15) is 21.6 Å². The Bertz CT molecular complexity index is 698. The van der Waals surface area contributed by atoms with Crippen LogP contribution in [0.2, 0.25) is 0 Å². The molecule has 2 rings (SSSR count). The summed E-state index contributed by atoms with van der Waals surface area (Å²) in [5.74, 6) is -0.175. The van der Waals surface area contributed by atoms with Gasteiger partial charge in [0.25, 0.3) is 0 Å². The average molecular weight is 354 g/mol. The molecule has 128 valence electrons. The van der Waals surface area contributed by atoms with Gasteiger partial charge in [-0.25, -0.2) is 4.79 Å². The Labute approximate surface area is 130 Å². The highest BCUT2D eigenvalue weighted by Crippen LogP contribution is 2.31. The van der Waals surface area contributed by atoms with Gasteiger partial charge in [0.05, 0.1) is 12.2 Å². The molecule has 0 saturated heterocycles. The van der Waals surface area contributed by atoms with Crippen LogP contribution in [-0.4, -0.2) is 39.2 Å². The number of esters is 1. The summed E-state index contributed by atoms with van der Waals surface area (Å²) < 4.78 is 72.3. The first-order valence-corrected chi connectivity index (χ1v) is 7.97. The summed E-state index contributed by atoms with van der Waals surface area (Å²) in [5.41, 5.74) is -4.64. The van der Waals surface area contributed by atoms with Crippen molar-refractivity contribution in [2.24, 2.45) is 0 Å². The lowest BCUT2D eigenvalue weighted by atomic mass is 10.1. The van der Waals surface area contributed by atoms with Crippen molar-refractivity contribution >= 4 is 16.1 Å². The highest BCUT2D eigenvalue weighted by Gasteiger charge is 2.47. The predicted molar refractivity (Wildman–Crippen MR) is 71.4 cm³/mol. The van der Waals surface area contributed by atoms with E-state index in [0.29, 0.717) is 11.3 Å². The molecule has 23 heavy (non-hydrogen) atoms. The topological polar surface area (TPSA) is 78.9 Å². The van der Waals surface area contributed by atoms with Gasteiger partial charge in [0.1, 0.15) is 18.5 Å². The summed E-state index contributed by atoms with van der Waals surface area (Å²) >= 11 is 0. The molecule has 0 spiro atoms. The highest BCUT2D eigenvalue weighted by molar-refractivity contribution is 7.87. The fourth-order valence-electron chi connectivity index (χ4n) is 1.99. The third kappa shape index (κ3) is 3.94. The van der Waals surface area contributed by atoms with Gasteiger partial charge >= 0.3 is 21.6 Å².